The van der Waals surface area contributed by atoms with E-state index in [-0.39, 0.29) is 18.5 Å². The van der Waals surface area contributed by atoms with Crippen LogP contribution in [0.1, 0.15) is 36.2 Å². The highest BCUT2D eigenvalue weighted by atomic mass is 16.6. The molecule has 9 heteroatoms. The van der Waals surface area contributed by atoms with Gasteiger partial charge in [-0.3, -0.25) is 14.5 Å². The normalized spacial score (nSPS) is 18.6. The van der Waals surface area contributed by atoms with Crippen LogP contribution >= 0.6 is 0 Å². The molecule has 2 aromatic heterocycles. The van der Waals surface area contributed by atoms with Gasteiger partial charge in [-0.25, -0.2) is 14.2 Å². The van der Waals surface area contributed by atoms with Crippen molar-refractivity contribution >= 4 is 17.0 Å². The number of terminal acetylenes is 1. The fraction of sp³-hybridized carbons (Fsp3) is 0.273. The number of rotatable bonds is 3. The van der Waals surface area contributed by atoms with E-state index in [4.69, 9.17) is 11.2 Å². The Balaban J connectivity index is 1.60. The zero-order valence-electron chi connectivity index (χ0n) is 16.4. The molecule has 2 aliphatic rings. The lowest BCUT2D eigenvalue weighted by Gasteiger charge is -2.26. The van der Waals surface area contributed by atoms with E-state index in [2.05, 4.69) is 17.0 Å². The number of carbonyl (C=O) groups is 1. The molecule has 3 aromatic rings. The van der Waals surface area contributed by atoms with Crippen molar-refractivity contribution < 1.29 is 14.6 Å². The van der Waals surface area contributed by atoms with E-state index in [1.54, 1.807) is 35.0 Å². The molecule has 0 aliphatic carbocycles. The van der Waals surface area contributed by atoms with Gasteiger partial charge in [0.15, 0.2) is 0 Å². The third kappa shape index (κ3) is 2.60. The van der Waals surface area contributed by atoms with Crippen molar-refractivity contribution in [3.8, 4) is 30.0 Å². The molecule has 2 aliphatic heterocycles. The van der Waals surface area contributed by atoms with Crippen molar-refractivity contribution in [1.29, 1.82) is 5.26 Å². The van der Waals surface area contributed by atoms with Gasteiger partial charge in [0.2, 0.25) is 5.88 Å². The van der Waals surface area contributed by atoms with E-state index < -0.39 is 17.8 Å². The second-order valence-corrected chi connectivity index (χ2v) is 7.47. The molecule has 1 aromatic carbocycles. The van der Waals surface area contributed by atoms with E-state index in [1.807, 2.05) is 0 Å². The lowest BCUT2D eigenvalue weighted by Crippen LogP contribution is -2.38. The number of nitriles is 1. The first kappa shape index (κ1) is 18.8. The number of fused-ring (bicyclic) bond motifs is 6. The predicted octanol–water partition coefficient (Wildman–Crippen LogP) is 2.23. The third-order valence-corrected chi connectivity index (χ3v) is 5.87. The first-order valence-corrected chi connectivity index (χ1v) is 9.78. The molecule has 4 heterocycles. The summed E-state index contributed by atoms with van der Waals surface area (Å²) in [4.78, 5) is 31.5. The average Bonchev–Trinajstić information content (AvgIpc) is 3.45. The average molecular weight is 415 g/mol. The highest BCUT2D eigenvalue weighted by molar-refractivity contribution is 5.91. The van der Waals surface area contributed by atoms with Crippen LogP contribution in [-0.4, -0.2) is 43.4 Å². The summed E-state index contributed by atoms with van der Waals surface area (Å²) in [5.41, 5.74) is 1.24. The standard InChI is InChI=1S/C22H17N5O4/c1-2-3-9-31-22(30)25-12-14-10-17(25)19-20(28)27(21(29)26(14)19)16-7-6-13(11-23)18-15(16)5-4-8-24-18/h1,4-8,14,17,28H,3,9-10,12H2. The first-order chi connectivity index (χ1) is 15.1. The number of hydrogen-bond donors (Lipinski definition) is 1. The largest absolute Gasteiger partial charge is 0.493 e. The number of carbonyl (C=O) groups excluding carboxylic acids is 1. The van der Waals surface area contributed by atoms with Crippen molar-refractivity contribution in [1.82, 2.24) is 19.0 Å². The monoisotopic (exact) mass is 415 g/mol. The fourth-order valence-corrected chi connectivity index (χ4v) is 4.59. The summed E-state index contributed by atoms with van der Waals surface area (Å²) in [5, 5.41) is 21.0. The number of aromatic hydroxyl groups is 1. The maximum absolute atomic E-state index is 13.3. The van der Waals surface area contributed by atoms with Crippen LogP contribution < -0.4 is 5.69 Å². The maximum atomic E-state index is 13.3. The molecule has 1 amide bonds. The molecule has 31 heavy (non-hydrogen) atoms. The summed E-state index contributed by atoms with van der Waals surface area (Å²) < 4.78 is 7.97. The Hall–Kier alpha value is -4.24. The molecule has 9 nitrogen and oxygen atoms in total. The van der Waals surface area contributed by atoms with E-state index in [1.165, 1.54) is 9.47 Å². The molecule has 1 saturated heterocycles. The SMILES string of the molecule is C#CCCOC(=O)N1CC2CC1c1c(O)n(-c3ccc(C#N)c4ncccc34)c(=O)n12. The number of imidazole rings is 1. The molecule has 0 radical (unpaired) electrons. The second kappa shape index (κ2) is 6.92. The van der Waals surface area contributed by atoms with Crippen molar-refractivity contribution in [3.63, 3.8) is 0 Å². The van der Waals surface area contributed by atoms with Crippen molar-refractivity contribution in [2.24, 2.45) is 0 Å². The van der Waals surface area contributed by atoms with Gasteiger partial charge in [-0.05, 0) is 30.7 Å². The van der Waals surface area contributed by atoms with Crippen LogP contribution in [0.2, 0.25) is 0 Å². The van der Waals surface area contributed by atoms with Crippen molar-refractivity contribution in [3.05, 3.63) is 52.2 Å². The van der Waals surface area contributed by atoms with Gasteiger partial charge >= 0.3 is 11.8 Å². The van der Waals surface area contributed by atoms with Gasteiger partial charge in [0.05, 0.1) is 28.9 Å². The lowest BCUT2D eigenvalue weighted by atomic mass is 10.1. The number of hydrogen-bond acceptors (Lipinski definition) is 6. The third-order valence-electron chi connectivity index (χ3n) is 5.87. The van der Waals surface area contributed by atoms with E-state index >= 15 is 0 Å². The molecule has 1 fully saturated rings. The minimum absolute atomic E-state index is 0.118. The van der Waals surface area contributed by atoms with Gasteiger partial charge in [-0.1, -0.05) is 0 Å². The highest BCUT2D eigenvalue weighted by Crippen LogP contribution is 2.49. The van der Waals surface area contributed by atoms with Gasteiger partial charge < -0.3 is 9.84 Å². The van der Waals surface area contributed by atoms with Crippen LogP contribution in [-0.2, 0) is 4.74 Å². The second-order valence-electron chi connectivity index (χ2n) is 7.47. The minimum atomic E-state index is -0.512. The topological polar surface area (TPSA) is 113 Å². The molecule has 2 bridgehead atoms. The molecule has 1 N–H and O–H groups in total. The Kier molecular flexibility index (Phi) is 4.19. The Morgan fingerprint density at radius 3 is 3.00 bits per heavy atom. The Morgan fingerprint density at radius 2 is 2.23 bits per heavy atom. The number of likely N-dealkylation sites (tertiary alicyclic amines) is 1. The van der Waals surface area contributed by atoms with E-state index in [0.717, 1.165) is 0 Å². The molecule has 154 valence electrons. The van der Waals surface area contributed by atoms with Crippen LogP contribution in [0.25, 0.3) is 16.6 Å². The zero-order valence-corrected chi connectivity index (χ0v) is 16.4. The van der Waals surface area contributed by atoms with Gasteiger partial charge in [0.25, 0.3) is 0 Å². The Bertz CT molecular complexity index is 1370. The number of benzene rings is 1. The Morgan fingerprint density at radius 1 is 1.39 bits per heavy atom. The molecule has 0 saturated carbocycles. The molecule has 0 spiro atoms. The molecule has 2 unspecified atom stereocenters. The van der Waals surface area contributed by atoms with E-state index in [0.29, 0.717) is 47.2 Å². The molecular formula is C22H17N5O4. The summed E-state index contributed by atoms with van der Waals surface area (Å²) in [5.74, 6) is 2.19. The minimum Gasteiger partial charge on any atom is -0.493 e. The van der Waals surface area contributed by atoms with Crippen LogP contribution in [0.5, 0.6) is 5.88 Å². The van der Waals surface area contributed by atoms with Gasteiger partial charge in [-0.15, -0.1) is 12.3 Å². The molecule has 5 rings (SSSR count). The highest BCUT2D eigenvalue weighted by Gasteiger charge is 2.49. The predicted molar refractivity (Wildman–Crippen MR) is 110 cm³/mol. The van der Waals surface area contributed by atoms with Crippen molar-refractivity contribution in [2.75, 3.05) is 13.2 Å². The van der Waals surface area contributed by atoms with Gasteiger partial charge in [-0.2, -0.15) is 5.26 Å². The van der Waals surface area contributed by atoms with Crippen molar-refractivity contribution in [2.45, 2.75) is 24.9 Å². The summed E-state index contributed by atoms with van der Waals surface area (Å²) in [6.45, 7) is 0.443. The quantitative estimate of drug-likeness (QED) is 0.518. The fourth-order valence-electron chi connectivity index (χ4n) is 4.59. The number of nitrogens with zero attached hydrogens (tertiary/aromatic N) is 5. The van der Waals surface area contributed by atoms with Crippen LogP contribution in [0, 0.1) is 23.7 Å². The number of pyridine rings is 1. The maximum Gasteiger partial charge on any atom is 0.410 e. The zero-order chi connectivity index (χ0) is 21.7. The molecular weight excluding hydrogens is 398 g/mol. The number of amides is 1. The van der Waals surface area contributed by atoms with Crippen LogP contribution in [0.15, 0.2) is 35.3 Å². The smallest absolute Gasteiger partial charge is 0.410 e. The summed E-state index contributed by atoms with van der Waals surface area (Å²) in [7, 11) is 0. The van der Waals surface area contributed by atoms with E-state index in [9.17, 15) is 20.0 Å². The van der Waals surface area contributed by atoms with Crippen LogP contribution in [0.4, 0.5) is 4.79 Å². The van der Waals surface area contributed by atoms with Crippen LogP contribution in [0.3, 0.4) is 0 Å². The summed E-state index contributed by atoms with van der Waals surface area (Å²) in [6, 6.07) is 8.03. The Labute approximate surface area is 176 Å². The summed E-state index contributed by atoms with van der Waals surface area (Å²) in [6.07, 6.45) is 7.11. The lowest BCUT2D eigenvalue weighted by molar-refractivity contribution is 0.0946. The number of ether oxygens (including phenoxy) is 1. The molecule has 2 atom stereocenters. The summed E-state index contributed by atoms with van der Waals surface area (Å²) >= 11 is 0. The van der Waals surface area contributed by atoms with Gasteiger partial charge in [0, 0.05) is 24.5 Å². The number of aromatic nitrogens is 3. The van der Waals surface area contributed by atoms with Gasteiger partial charge in [0.1, 0.15) is 18.4 Å². The first-order valence-electron chi connectivity index (χ1n) is 9.78.